The van der Waals surface area contributed by atoms with Gasteiger partial charge in [-0.2, -0.15) is 15.1 Å². The van der Waals surface area contributed by atoms with Crippen LogP contribution in [0.4, 0.5) is 17.6 Å². The maximum absolute atomic E-state index is 9.01. The second-order valence-corrected chi connectivity index (χ2v) is 9.17. The first-order valence-corrected chi connectivity index (χ1v) is 14.8. The molecule has 0 amide bonds. The third-order valence-electron chi connectivity index (χ3n) is 6.53. The van der Waals surface area contributed by atoms with Crippen LogP contribution in [0.2, 0.25) is 0 Å². The van der Waals surface area contributed by atoms with Crippen molar-refractivity contribution in [2.24, 2.45) is 16.8 Å². The lowest BCUT2D eigenvalue weighted by Gasteiger charge is -2.33. The molecule has 2 fully saturated rings. The molecule has 0 radical (unpaired) electrons. The Hall–Kier alpha value is -3.27. The highest BCUT2D eigenvalue weighted by Gasteiger charge is 2.21. The van der Waals surface area contributed by atoms with Crippen molar-refractivity contribution in [1.29, 1.82) is 0 Å². The molecule has 0 aromatic carbocycles. The zero-order valence-corrected chi connectivity index (χ0v) is 25.2. The SMILES string of the molecule is CC.CC.N/N=C(/CCN1CCC(Nc2cc(N3CCOCC3)nc(NCc3cn(CCCO)nn3)n2)CC1)NN. The van der Waals surface area contributed by atoms with Crippen LogP contribution < -0.4 is 32.6 Å². The van der Waals surface area contributed by atoms with E-state index in [0.29, 0.717) is 57.0 Å². The molecule has 0 saturated carbocycles. The summed E-state index contributed by atoms with van der Waals surface area (Å²) in [7, 11) is 0. The zero-order chi connectivity index (χ0) is 29.9. The summed E-state index contributed by atoms with van der Waals surface area (Å²) in [5.41, 5.74) is 3.32. The third kappa shape index (κ3) is 11.6. The van der Waals surface area contributed by atoms with Crippen LogP contribution in [0.15, 0.2) is 17.4 Å². The van der Waals surface area contributed by atoms with Gasteiger partial charge in [0.05, 0.1) is 26.0 Å². The van der Waals surface area contributed by atoms with Gasteiger partial charge in [0.15, 0.2) is 0 Å². The van der Waals surface area contributed by atoms with E-state index in [1.54, 1.807) is 4.68 Å². The van der Waals surface area contributed by atoms with E-state index in [-0.39, 0.29) is 6.61 Å². The molecule has 15 nitrogen and oxygen atoms in total. The Kier molecular flexibility index (Phi) is 16.3. The molecule has 0 bridgehead atoms. The number of rotatable bonds is 12. The van der Waals surface area contributed by atoms with E-state index in [9.17, 15) is 0 Å². The number of hydrogen-bond acceptors (Lipinski definition) is 13. The highest BCUT2D eigenvalue weighted by Crippen LogP contribution is 2.22. The van der Waals surface area contributed by atoms with Crippen molar-refractivity contribution in [1.82, 2.24) is 35.3 Å². The lowest BCUT2D eigenvalue weighted by atomic mass is 10.0. The molecule has 0 atom stereocenters. The van der Waals surface area contributed by atoms with Gasteiger partial charge in [0.2, 0.25) is 5.95 Å². The minimum absolute atomic E-state index is 0.125. The fraction of sp³-hybridized carbons (Fsp3) is 0.731. The fourth-order valence-electron chi connectivity index (χ4n) is 4.42. The molecule has 2 aromatic rings. The van der Waals surface area contributed by atoms with Crippen LogP contribution in [0, 0.1) is 0 Å². The van der Waals surface area contributed by atoms with Crippen LogP contribution in [0.3, 0.4) is 0 Å². The second-order valence-electron chi connectivity index (χ2n) is 9.17. The number of piperidine rings is 1. The number of aromatic nitrogens is 5. The van der Waals surface area contributed by atoms with Crippen LogP contribution in [0.25, 0.3) is 0 Å². The third-order valence-corrected chi connectivity index (χ3v) is 6.53. The van der Waals surface area contributed by atoms with Crippen LogP contribution in [0.1, 0.15) is 59.1 Å². The number of hydrogen-bond donors (Lipinski definition) is 6. The Morgan fingerprint density at radius 1 is 1.10 bits per heavy atom. The monoisotopic (exact) mass is 577 g/mol. The number of anilines is 3. The first-order valence-electron chi connectivity index (χ1n) is 14.8. The van der Waals surface area contributed by atoms with Crippen molar-refractivity contribution in [3.8, 4) is 0 Å². The number of nitrogens with two attached hydrogens (primary N) is 2. The van der Waals surface area contributed by atoms with E-state index in [0.717, 1.165) is 62.9 Å². The quantitative estimate of drug-likeness (QED) is 0.0905. The molecule has 0 unspecified atom stereocenters. The average molecular weight is 578 g/mol. The molecule has 2 aliphatic rings. The van der Waals surface area contributed by atoms with Gasteiger partial charge in [0.25, 0.3) is 0 Å². The van der Waals surface area contributed by atoms with Gasteiger partial charge in [-0.05, 0) is 19.3 Å². The van der Waals surface area contributed by atoms with Gasteiger partial charge in [-0.25, -0.2) is 5.84 Å². The maximum Gasteiger partial charge on any atom is 0.226 e. The highest BCUT2D eigenvalue weighted by molar-refractivity contribution is 5.81. The number of amidine groups is 1. The van der Waals surface area contributed by atoms with Gasteiger partial charge in [0.1, 0.15) is 23.2 Å². The predicted octanol–water partition coefficient (Wildman–Crippen LogP) is 0.954. The summed E-state index contributed by atoms with van der Waals surface area (Å²) in [6.45, 7) is 15.0. The molecule has 2 aromatic heterocycles. The smallest absolute Gasteiger partial charge is 0.226 e. The normalized spacial score (nSPS) is 16.2. The number of likely N-dealkylation sites (tertiary alicyclic amines) is 1. The summed E-state index contributed by atoms with van der Waals surface area (Å²) in [5, 5.41) is 27.9. The number of hydrazone groups is 1. The minimum atomic E-state index is 0.125. The van der Waals surface area contributed by atoms with E-state index >= 15 is 0 Å². The Morgan fingerprint density at radius 3 is 2.49 bits per heavy atom. The van der Waals surface area contributed by atoms with E-state index in [1.807, 2.05) is 40.0 Å². The number of morpholine rings is 1. The van der Waals surface area contributed by atoms with Gasteiger partial charge in [-0.15, -0.1) is 5.10 Å². The van der Waals surface area contributed by atoms with Crippen LogP contribution in [-0.4, -0.2) is 99.4 Å². The summed E-state index contributed by atoms with van der Waals surface area (Å²) in [4.78, 5) is 14.1. The van der Waals surface area contributed by atoms with Crippen molar-refractivity contribution in [2.45, 2.75) is 72.5 Å². The van der Waals surface area contributed by atoms with E-state index in [2.05, 4.69) is 41.3 Å². The lowest BCUT2D eigenvalue weighted by molar-refractivity contribution is 0.122. The Balaban J connectivity index is 0.00000141. The topological polar surface area (TPSA) is 193 Å². The fourth-order valence-corrected chi connectivity index (χ4v) is 4.42. The van der Waals surface area contributed by atoms with Crippen molar-refractivity contribution < 1.29 is 9.84 Å². The maximum atomic E-state index is 9.01. The first-order chi connectivity index (χ1) is 20.2. The first kappa shape index (κ1) is 33.9. The summed E-state index contributed by atoms with van der Waals surface area (Å²) in [6.07, 6.45) is 5.21. The van der Waals surface area contributed by atoms with Crippen LogP contribution in [0.5, 0.6) is 0 Å². The number of aryl methyl sites for hydroxylation is 1. The zero-order valence-electron chi connectivity index (χ0n) is 25.2. The second kappa shape index (κ2) is 19.7. The Bertz CT molecular complexity index is 990. The minimum Gasteiger partial charge on any atom is -0.396 e. The predicted molar refractivity (Wildman–Crippen MR) is 163 cm³/mol. The van der Waals surface area contributed by atoms with Gasteiger partial charge in [-0.3, -0.25) is 4.68 Å². The van der Waals surface area contributed by atoms with E-state index < -0.39 is 0 Å². The van der Waals surface area contributed by atoms with Crippen molar-refractivity contribution >= 4 is 23.4 Å². The number of nitrogens with one attached hydrogen (secondary N) is 3. The van der Waals surface area contributed by atoms with Crippen LogP contribution in [-0.2, 0) is 17.8 Å². The van der Waals surface area contributed by atoms with Gasteiger partial charge >= 0.3 is 0 Å². The van der Waals surface area contributed by atoms with Crippen molar-refractivity contribution in [2.75, 3.05) is 68.1 Å². The molecule has 8 N–H and O–H groups in total. The molecular weight excluding hydrogens is 526 g/mol. The molecule has 0 aliphatic carbocycles. The molecule has 2 saturated heterocycles. The largest absolute Gasteiger partial charge is 0.396 e. The molecule has 15 heteroatoms. The molecule has 0 spiro atoms. The molecule has 41 heavy (non-hydrogen) atoms. The highest BCUT2D eigenvalue weighted by atomic mass is 16.5. The Labute approximate surface area is 244 Å². The number of aliphatic hydroxyl groups excluding tert-OH is 1. The molecule has 4 rings (SSSR count). The van der Waals surface area contributed by atoms with Crippen molar-refractivity contribution in [3.63, 3.8) is 0 Å². The number of nitrogens with zero attached hydrogens (tertiary/aromatic N) is 8. The molecule has 232 valence electrons. The average Bonchev–Trinajstić information content (AvgIpc) is 3.50. The van der Waals surface area contributed by atoms with Gasteiger partial charge in [-0.1, -0.05) is 32.9 Å². The molecular formula is C26H51N13O2. The van der Waals surface area contributed by atoms with Gasteiger partial charge in [0, 0.05) is 64.4 Å². The van der Waals surface area contributed by atoms with E-state index in [1.165, 1.54) is 0 Å². The standard InChI is InChI=1S/C22H39N13O2.2C2H6/c23-29-19(30-24)4-8-33-6-2-17(3-7-33)26-20-14-21(34-9-12-37-13-10-34)28-22(27-20)25-15-18-16-35(32-31-18)5-1-11-36;2*1-2/h14,16-17,36H,1-13,15,23-24H2,(H,29,30)(H2,25,26,27,28);2*1-2H3. The number of hydrazine groups is 1. The number of aliphatic hydroxyl groups is 1. The summed E-state index contributed by atoms with van der Waals surface area (Å²) >= 11 is 0. The summed E-state index contributed by atoms with van der Waals surface area (Å²) in [6, 6.07) is 2.34. The summed E-state index contributed by atoms with van der Waals surface area (Å²) in [5.74, 6) is 13.6. The molecule has 4 heterocycles. The molecule has 2 aliphatic heterocycles. The van der Waals surface area contributed by atoms with Crippen LogP contribution >= 0.6 is 0 Å². The lowest BCUT2D eigenvalue weighted by Crippen LogP contribution is -2.41. The van der Waals surface area contributed by atoms with Crippen molar-refractivity contribution in [3.05, 3.63) is 18.0 Å². The Morgan fingerprint density at radius 2 is 1.83 bits per heavy atom. The number of ether oxygens (including phenoxy) is 1. The summed E-state index contributed by atoms with van der Waals surface area (Å²) < 4.78 is 7.25. The van der Waals surface area contributed by atoms with E-state index in [4.69, 9.17) is 31.5 Å². The van der Waals surface area contributed by atoms with Gasteiger partial charge < -0.3 is 41.5 Å².